The van der Waals surface area contributed by atoms with Crippen LogP contribution in [0.2, 0.25) is 0 Å². The Labute approximate surface area is 257 Å². The fourth-order valence-electron chi connectivity index (χ4n) is 6.36. The van der Waals surface area contributed by atoms with Crippen LogP contribution in [0.15, 0.2) is 47.4 Å². The summed E-state index contributed by atoms with van der Waals surface area (Å²) in [5.41, 5.74) is 1.99. The summed E-state index contributed by atoms with van der Waals surface area (Å²) < 4.78 is 58.2. The fraction of sp³-hybridized carbons (Fsp3) is 0.500. The van der Waals surface area contributed by atoms with E-state index in [1.54, 1.807) is 13.0 Å². The summed E-state index contributed by atoms with van der Waals surface area (Å²) in [5.74, 6) is 0.438. The monoisotopic (exact) mass is 633 g/mol. The molecule has 1 spiro atoms. The van der Waals surface area contributed by atoms with Gasteiger partial charge in [0, 0.05) is 46.9 Å². The normalized spacial score (nSPS) is 20.0. The fourth-order valence-corrected chi connectivity index (χ4v) is 8.43. The van der Waals surface area contributed by atoms with Gasteiger partial charge in [-0.3, -0.25) is 13.9 Å². The van der Waals surface area contributed by atoms with E-state index in [2.05, 4.69) is 22.1 Å². The molecule has 0 radical (unpaired) electrons. The van der Waals surface area contributed by atoms with Crippen LogP contribution in [0.25, 0.3) is 0 Å². The number of thiophene rings is 1. The SMILES string of the molecule is CCC(c1ccc(C(F)(F)F)nc1C)N1CCC2(CC1)OC(C)Cc1cc(C(=O)NCc3ccc(S(=O)CC)cc3)sc12. The topological polar surface area (TPSA) is 71.5 Å². The van der Waals surface area contributed by atoms with Crippen LogP contribution in [0, 0.1) is 6.92 Å². The Bertz CT molecular complexity index is 1480. The van der Waals surface area contributed by atoms with Gasteiger partial charge in [0.15, 0.2) is 0 Å². The number of pyridine rings is 1. The van der Waals surface area contributed by atoms with E-state index in [4.69, 9.17) is 4.74 Å². The lowest BCUT2D eigenvalue weighted by Gasteiger charge is -2.47. The highest BCUT2D eigenvalue weighted by molar-refractivity contribution is 7.85. The largest absolute Gasteiger partial charge is 0.433 e. The van der Waals surface area contributed by atoms with Crippen molar-refractivity contribution in [2.45, 2.75) is 88.7 Å². The zero-order valence-corrected chi connectivity index (χ0v) is 26.6. The lowest BCUT2D eigenvalue weighted by Crippen LogP contribution is -2.48. The molecule has 2 aliphatic rings. The highest BCUT2D eigenvalue weighted by atomic mass is 32.2. The number of carbonyl (C=O) groups is 1. The van der Waals surface area contributed by atoms with E-state index in [0.29, 0.717) is 22.9 Å². The highest BCUT2D eigenvalue weighted by Crippen LogP contribution is 2.48. The van der Waals surface area contributed by atoms with Crippen molar-refractivity contribution in [3.63, 3.8) is 0 Å². The maximum atomic E-state index is 13.2. The molecule has 1 saturated heterocycles. The van der Waals surface area contributed by atoms with Crippen molar-refractivity contribution in [1.29, 1.82) is 0 Å². The van der Waals surface area contributed by atoms with Gasteiger partial charge >= 0.3 is 6.18 Å². The van der Waals surface area contributed by atoms with Crippen molar-refractivity contribution in [3.8, 4) is 0 Å². The predicted molar refractivity (Wildman–Crippen MR) is 163 cm³/mol. The molecule has 2 aromatic heterocycles. The molecule has 11 heteroatoms. The van der Waals surface area contributed by atoms with Gasteiger partial charge in [0.2, 0.25) is 0 Å². The summed E-state index contributed by atoms with van der Waals surface area (Å²) in [6.45, 7) is 9.48. The third-order valence-electron chi connectivity index (χ3n) is 8.49. The molecule has 3 unspecified atom stereocenters. The second-order valence-electron chi connectivity index (χ2n) is 11.4. The smallest absolute Gasteiger partial charge is 0.366 e. The first kappa shape index (κ1) is 31.8. The third kappa shape index (κ3) is 6.74. The van der Waals surface area contributed by atoms with Gasteiger partial charge in [-0.25, -0.2) is 4.98 Å². The predicted octanol–water partition coefficient (Wildman–Crippen LogP) is 6.93. The molecule has 3 atom stereocenters. The Kier molecular flexibility index (Phi) is 9.46. The molecule has 6 nitrogen and oxygen atoms in total. The summed E-state index contributed by atoms with van der Waals surface area (Å²) in [4.78, 5) is 21.9. The zero-order chi connectivity index (χ0) is 30.9. The minimum atomic E-state index is -4.46. The number of likely N-dealkylation sites (tertiary alicyclic amines) is 1. The second kappa shape index (κ2) is 12.8. The van der Waals surface area contributed by atoms with Crippen LogP contribution in [-0.2, 0) is 40.3 Å². The lowest BCUT2D eigenvalue weighted by molar-refractivity contribution is -0.141. The van der Waals surface area contributed by atoms with E-state index >= 15 is 0 Å². The number of hydrogen-bond donors (Lipinski definition) is 1. The number of fused-ring (bicyclic) bond motifs is 2. The number of aryl methyl sites for hydroxylation is 1. The molecule has 0 aliphatic carbocycles. The van der Waals surface area contributed by atoms with Crippen LogP contribution in [0.1, 0.15) is 88.7 Å². The Balaban J connectivity index is 1.28. The molecule has 1 aromatic carbocycles. The van der Waals surface area contributed by atoms with E-state index in [0.717, 1.165) is 71.3 Å². The first-order valence-electron chi connectivity index (χ1n) is 14.8. The molecule has 1 amide bonds. The molecule has 43 heavy (non-hydrogen) atoms. The molecule has 4 heterocycles. The van der Waals surface area contributed by atoms with Gasteiger partial charge in [-0.15, -0.1) is 11.3 Å². The average Bonchev–Trinajstić information content (AvgIpc) is 3.42. The van der Waals surface area contributed by atoms with E-state index < -0.39 is 28.3 Å². The average molecular weight is 634 g/mol. The van der Waals surface area contributed by atoms with Crippen molar-refractivity contribution in [1.82, 2.24) is 15.2 Å². The van der Waals surface area contributed by atoms with Crippen molar-refractivity contribution in [3.05, 3.63) is 80.3 Å². The Morgan fingerprint density at radius 2 is 1.88 bits per heavy atom. The minimum absolute atomic E-state index is 0.0140. The van der Waals surface area contributed by atoms with Crippen LogP contribution in [0.4, 0.5) is 13.2 Å². The van der Waals surface area contributed by atoms with Crippen molar-refractivity contribution < 1.29 is 26.9 Å². The first-order valence-corrected chi connectivity index (χ1v) is 16.9. The lowest BCUT2D eigenvalue weighted by atomic mass is 9.83. The molecule has 232 valence electrons. The third-order valence-corrected chi connectivity index (χ3v) is 11.2. The molecular weight excluding hydrogens is 595 g/mol. The Hall–Kier alpha value is -2.60. The number of nitrogens with one attached hydrogen (secondary N) is 1. The summed E-state index contributed by atoms with van der Waals surface area (Å²) in [6.07, 6.45) is -1.48. The zero-order valence-electron chi connectivity index (χ0n) is 24.9. The van der Waals surface area contributed by atoms with Crippen LogP contribution in [0.3, 0.4) is 0 Å². The van der Waals surface area contributed by atoms with Gasteiger partial charge < -0.3 is 10.1 Å². The van der Waals surface area contributed by atoms with E-state index in [9.17, 15) is 22.2 Å². The maximum Gasteiger partial charge on any atom is 0.433 e. The molecule has 5 rings (SSSR count). The number of amides is 1. The number of rotatable bonds is 8. The Morgan fingerprint density at radius 3 is 2.49 bits per heavy atom. The summed E-state index contributed by atoms with van der Waals surface area (Å²) in [6, 6.07) is 12.1. The van der Waals surface area contributed by atoms with Gasteiger partial charge in [-0.2, -0.15) is 13.2 Å². The standard InChI is InChI=1S/C32H38F3N3O3S2/c1-5-26(25-11-12-28(32(33,34)35)37-21(25)4)38-15-13-31(14-16-38)29-23(17-20(3)41-31)18-27(42-29)30(39)36-19-22-7-9-24(10-8-22)43(40)6-2/h7-12,18,20,26H,5-6,13-17,19H2,1-4H3,(H,36,39). The molecular formula is C32H38F3N3O3S2. The minimum Gasteiger partial charge on any atom is -0.366 e. The van der Waals surface area contributed by atoms with Gasteiger partial charge in [-0.1, -0.05) is 32.0 Å². The van der Waals surface area contributed by atoms with Gasteiger partial charge in [0.05, 0.1) is 21.8 Å². The number of ether oxygens (including phenoxy) is 1. The van der Waals surface area contributed by atoms with Crippen LogP contribution >= 0.6 is 11.3 Å². The van der Waals surface area contributed by atoms with Gasteiger partial charge in [0.1, 0.15) is 11.3 Å². The van der Waals surface area contributed by atoms with E-state index in [1.165, 1.54) is 11.3 Å². The van der Waals surface area contributed by atoms with Gasteiger partial charge in [-0.05, 0) is 80.5 Å². The maximum absolute atomic E-state index is 13.2. The number of halogens is 3. The quantitative estimate of drug-likeness (QED) is 0.291. The molecule has 2 aliphatic heterocycles. The molecule has 1 N–H and O–H groups in total. The van der Waals surface area contributed by atoms with Gasteiger partial charge in [0.25, 0.3) is 5.91 Å². The number of hydrogen-bond acceptors (Lipinski definition) is 6. The number of alkyl halides is 3. The van der Waals surface area contributed by atoms with Crippen LogP contribution in [0.5, 0.6) is 0 Å². The van der Waals surface area contributed by atoms with Crippen molar-refractivity contribution in [2.75, 3.05) is 18.8 Å². The van der Waals surface area contributed by atoms with Crippen LogP contribution in [-0.4, -0.2) is 44.9 Å². The van der Waals surface area contributed by atoms with E-state index in [-0.39, 0.29) is 18.1 Å². The van der Waals surface area contributed by atoms with Crippen molar-refractivity contribution in [2.24, 2.45) is 0 Å². The number of piperidine rings is 1. The van der Waals surface area contributed by atoms with Crippen molar-refractivity contribution >= 4 is 28.0 Å². The number of aromatic nitrogens is 1. The highest BCUT2D eigenvalue weighted by Gasteiger charge is 2.45. The number of nitrogens with zero attached hydrogens (tertiary/aromatic N) is 2. The second-order valence-corrected chi connectivity index (χ2v) is 14.2. The van der Waals surface area contributed by atoms with Crippen LogP contribution < -0.4 is 5.32 Å². The molecule has 0 saturated carbocycles. The van der Waals surface area contributed by atoms with E-state index in [1.807, 2.05) is 44.2 Å². The number of benzene rings is 1. The summed E-state index contributed by atoms with van der Waals surface area (Å²) >= 11 is 1.50. The molecule has 1 fully saturated rings. The Morgan fingerprint density at radius 1 is 1.19 bits per heavy atom. The summed E-state index contributed by atoms with van der Waals surface area (Å²) in [5, 5.41) is 3.03. The molecule has 0 bridgehead atoms. The number of carbonyl (C=O) groups excluding carboxylic acids is 1. The summed E-state index contributed by atoms with van der Waals surface area (Å²) in [7, 11) is -1.01. The first-order chi connectivity index (χ1) is 20.4. The molecule has 3 aromatic rings.